The van der Waals surface area contributed by atoms with E-state index in [9.17, 15) is 31.1 Å². The molecule has 11 heteroatoms. The number of benzene rings is 1. The first-order chi connectivity index (χ1) is 14.8. The second-order valence-electron chi connectivity index (χ2n) is 7.79. The van der Waals surface area contributed by atoms with Crippen LogP contribution in [0.2, 0.25) is 0 Å². The largest absolute Gasteiger partial charge is 0.460 e. The molecule has 0 bridgehead atoms. The van der Waals surface area contributed by atoms with Gasteiger partial charge in [-0.25, -0.2) is 9.97 Å². The first-order valence-corrected chi connectivity index (χ1v) is 9.90. The summed E-state index contributed by atoms with van der Waals surface area (Å²) in [5.41, 5.74) is -2.22. The first-order valence-electron chi connectivity index (χ1n) is 9.90. The maximum Gasteiger partial charge on any atom is 0.416 e. The normalized spacial score (nSPS) is 19.5. The average Bonchev–Trinajstić information content (AvgIpc) is 2.67. The molecule has 1 aromatic carbocycles. The summed E-state index contributed by atoms with van der Waals surface area (Å²) in [6.07, 6.45) is -8.27. The van der Waals surface area contributed by atoms with E-state index in [2.05, 4.69) is 15.3 Å². The highest BCUT2D eigenvalue weighted by atomic mass is 19.4. The van der Waals surface area contributed by atoms with E-state index >= 15 is 0 Å². The minimum atomic E-state index is -5.01. The van der Waals surface area contributed by atoms with Crippen molar-refractivity contribution in [3.63, 3.8) is 0 Å². The molecule has 32 heavy (non-hydrogen) atoms. The summed E-state index contributed by atoms with van der Waals surface area (Å²) in [5.74, 6) is -0.983. The number of nitrogens with one attached hydrogen (secondary N) is 1. The first kappa shape index (κ1) is 23.8. The van der Waals surface area contributed by atoms with Gasteiger partial charge in [-0.1, -0.05) is 0 Å². The summed E-state index contributed by atoms with van der Waals surface area (Å²) in [7, 11) is 0. The predicted octanol–water partition coefficient (Wildman–Crippen LogP) is 5.25. The maximum atomic E-state index is 13.0. The van der Waals surface area contributed by atoms with Crippen LogP contribution < -0.4 is 10.1 Å². The molecule has 1 saturated carbocycles. The lowest BCUT2D eigenvalue weighted by atomic mass is 9.92. The number of aryl methyl sites for hydroxylation is 2. The minimum absolute atomic E-state index is 0.00555. The molecular formula is C21H21F6N3O2. The van der Waals surface area contributed by atoms with Crippen molar-refractivity contribution in [2.75, 3.05) is 0 Å². The molecule has 2 aromatic rings. The third-order valence-corrected chi connectivity index (χ3v) is 5.09. The number of alkyl halides is 6. The Morgan fingerprint density at radius 3 is 1.84 bits per heavy atom. The van der Waals surface area contributed by atoms with Crippen LogP contribution in [0.4, 0.5) is 26.3 Å². The Morgan fingerprint density at radius 1 is 0.875 bits per heavy atom. The molecule has 1 aromatic heterocycles. The van der Waals surface area contributed by atoms with Crippen molar-refractivity contribution in [3.8, 4) is 6.01 Å². The van der Waals surface area contributed by atoms with Crippen LogP contribution in [0.5, 0.6) is 6.01 Å². The van der Waals surface area contributed by atoms with Crippen LogP contribution >= 0.6 is 0 Å². The van der Waals surface area contributed by atoms with Gasteiger partial charge in [-0.2, -0.15) is 26.3 Å². The smallest absolute Gasteiger partial charge is 0.416 e. The maximum absolute atomic E-state index is 13.0. The highest BCUT2D eigenvalue weighted by Gasteiger charge is 2.37. The summed E-state index contributed by atoms with van der Waals surface area (Å²) in [5, 5.41) is 2.53. The zero-order valence-corrected chi connectivity index (χ0v) is 17.3. The molecule has 0 radical (unpaired) electrons. The average molecular weight is 461 g/mol. The molecule has 1 aliphatic rings. The van der Waals surface area contributed by atoms with Crippen molar-refractivity contribution in [2.45, 2.75) is 64.0 Å². The predicted molar refractivity (Wildman–Crippen MR) is 102 cm³/mol. The van der Waals surface area contributed by atoms with E-state index in [1.807, 2.05) is 13.8 Å². The molecule has 3 rings (SSSR count). The highest BCUT2D eigenvalue weighted by molar-refractivity contribution is 5.94. The fourth-order valence-electron chi connectivity index (χ4n) is 3.58. The zero-order chi connectivity index (χ0) is 23.7. The third-order valence-electron chi connectivity index (χ3n) is 5.09. The van der Waals surface area contributed by atoms with Crippen LogP contribution in [0.3, 0.4) is 0 Å². The molecule has 1 heterocycles. The lowest BCUT2D eigenvalue weighted by molar-refractivity contribution is -0.143. The van der Waals surface area contributed by atoms with Gasteiger partial charge in [0.15, 0.2) is 0 Å². The van der Waals surface area contributed by atoms with E-state index in [-0.39, 0.29) is 18.2 Å². The molecule has 0 saturated heterocycles. The molecule has 1 fully saturated rings. The number of hydrogen-bond donors (Lipinski definition) is 1. The van der Waals surface area contributed by atoms with Gasteiger partial charge in [0, 0.05) is 23.0 Å². The van der Waals surface area contributed by atoms with Crippen molar-refractivity contribution in [3.05, 3.63) is 52.3 Å². The van der Waals surface area contributed by atoms with Crippen LogP contribution in [0, 0.1) is 13.8 Å². The number of carbonyl (C=O) groups excluding carboxylic acids is 1. The van der Waals surface area contributed by atoms with Crippen molar-refractivity contribution < 1.29 is 35.9 Å². The van der Waals surface area contributed by atoms with Crippen LogP contribution in [0.25, 0.3) is 0 Å². The molecule has 1 N–H and O–H groups in total. The molecule has 0 unspecified atom stereocenters. The Balaban J connectivity index is 1.64. The number of aromatic nitrogens is 2. The van der Waals surface area contributed by atoms with Crippen molar-refractivity contribution >= 4 is 5.91 Å². The van der Waals surface area contributed by atoms with Gasteiger partial charge in [0.25, 0.3) is 5.91 Å². The molecule has 174 valence electrons. The third kappa shape index (κ3) is 6.10. The van der Waals surface area contributed by atoms with Crippen LogP contribution in [-0.2, 0) is 12.4 Å². The van der Waals surface area contributed by atoms with Crippen LogP contribution in [0.1, 0.15) is 58.6 Å². The molecular weight excluding hydrogens is 440 g/mol. The Kier molecular flexibility index (Phi) is 6.66. The van der Waals surface area contributed by atoms with Crippen molar-refractivity contribution in [1.82, 2.24) is 15.3 Å². The van der Waals surface area contributed by atoms with Gasteiger partial charge < -0.3 is 10.1 Å². The van der Waals surface area contributed by atoms with Crippen molar-refractivity contribution in [2.24, 2.45) is 0 Å². The highest BCUT2D eigenvalue weighted by Crippen LogP contribution is 2.36. The van der Waals surface area contributed by atoms with E-state index < -0.39 is 41.0 Å². The van der Waals surface area contributed by atoms with Gasteiger partial charge in [0.1, 0.15) is 6.10 Å². The van der Waals surface area contributed by atoms with E-state index in [4.69, 9.17) is 4.74 Å². The summed E-state index contributed by atoms with van der Waals surface area (Å²) in [6.45, 7) is 3.62. The second-order valence-corrected chi connectivity index (χ2v) is 7.79. The quantitative estimate of drug-likeness (QED) is 0.632. The number of halogens is 6. The van der Waals surface area contributed by atoms with Gasteiger partial charge in [-0.3, -0.25) is 4.79 Å². The number of rotatable bonds is 4. The summed E-state index contributed by atoms with van der Waals surface area (Å²) < 4.78 is 83.8. The van der Waals surface area contributed by atoms with E-state index in [1.165, 1.54) is 0 Å². The topological polar surface area (TPSA) is 64.1 Å². The standard InChI is InChI=1S/C21H21F6N3O2/c1-11-7-12(2)29-19(28-11)32-17-5-3-16(4-6-17)30-18(31)13-8-14(20(22,23)24)10-15(9-13)21(25,26)27/h7-10,16-17H,3-6H2,1-2H3,(H,30,31). The minimum Gasteiger partial charge on any atom is -0.460 e. The number of ether oxygens (including phenoxy) is 1. The Labute approximate surface area is 180 Å². The number of amides is 1. The molecule has 0 spiro atoms. The molecule has 0 aliphatic heterocycles. The Bertz CT molecular complexity index is 930. The molecule has 1 aliphatic carbocycles. The van der Waals surface area contributed by atoms with Gasteiger partial charge in [-0.05, 0) is 63.8 Å². The van der Waals surface area contributed by atoms with Crippen LogP contribution in [0.15, 0.2) is 24.3 Å². The van der Waals surface area contributed by atoms with Crippen molar-refractivity contribution in [1.29, 1.82) is 0 Å². The van der Waals surface area contributed by atoms with E-state index in [1.54, 1.807) is 6.07 Å². The number of hydrogen-bond acceptors (Lipinski definition) is 4. The zero-order valence-electron chi connectivity index (χ0n) is 17.3. The second kappa shape index (κ2) is 8.95. The summed E-state index contributed by atoms with van der Waals surface area (Å²) >= 11 is 0. The molecule has 0 atom stereocenters. The molecule has 1 amide bonds. The molecule has 5 nitrogen and oxygen atoms in total. The Morgan fingerprint density at radius 2 is 1.38 bits per heavy atom. The Hall–Kier alpha value is -2.85. The monoisotopic (exact) mass is 461 g/mol. The lowest BCUT2D eigenvalue weighted by Gasteiger charge is -2.29. The van der Waals surface area contributed by atoms with Gasteiger partial charge in [0.2, 0.25) is 0 Å². The van der Waals surface area contributed by atoms with Crippen LogP contribution in [-0.4, -0.2) is 28.0 Å². The summed E-state index contributed by atoms with van der Waals surface area (Å²) in [6, 6.07) is 2.50. The number of carbonyl (C=O) groups is 1. The van der Waals surface area contributed by atoms with Gasteiger partial charge >= 0.3 is 18.4 Å². The number of nitrogens with zero attached hydrogens (tertiary/aromatic N) is 2. The SMILES string of the molecule is Cc1cc(C)nc(OC2CCC(NC(=O)c3cc(C(F)(F)F)cc(C(F)(F)F)c3)CC2)n1. The van der Waals surface area contributed by atoms with Gasteiger partial charge in [0.05, 0.1) is 11.1 Å². The lowest BCUT2D eigenvalue weighted by Crippen LogP contribution is -2.40. The van der Waals surface area contributed by atoms with E-state index in [0.717, 1.165) is 11.4 Å². The van der Waals surface area contributed by atoms with Gasteiger partial charge in [-0.15, -0.1) is 0 Å². The fourth-order valence-corrected chi connectivity index (χ4v) is 3.58. The fraction of sp³-hybridized carbons (Fsp3) is 0.476. The summed E-state index contributed by atoms with van der Waals surface area (Å²) in [4.78, 5) is 20.8. The van der Waals surface area contributed by atoms with E-state index in [0.29, 0.717) is 37.8 Å².